The molecule has 28 heavy (non-hydrogen) atoms. The summed E-state index contributed by atoms with van der Waals surface area (Å²) in [6.45, 7) is 2.34. The Hall–Kier alpha value is -1.28. The molecule has 1 aromatic rings. The molecule has 0 spiro atoms. The first-order valence-corrected chi connectivity index (χ1v) is 9.82. The highest BCUT2D eigenvalue weighted by atomic mass is 35.5. The summed E-state index contributed by atoms with van der Waals surface area (Å²) in [5, 5.41) is 8.40. The van der Waals surface area contributed by atoms with E-state index in [0.717, 1.165) is 25.7 Å². The van der Waals surface area contributed by atoms with Gasteiger partial charge < -0.3 is 24.1 Å². The van der Waals surface area contributed by atoms with Gasteiger partial charge in [-0.1, -0.05) is 30.4 Å². The van der Waals surface area contributed by atoms with Crippen molar-refractivity contribution in [2.24, 2.45) is 0 Å². The van der Waals surface area contributed by atoms with Crippen molar-refractivity contribution in [2.75, 3.05) is 53.5 Å². The molecular formula is C21H36ClNO5. The van der Waals surface area contributed by atoms with Gasteiger partial charge in [0.15, 0.2) is 0 Å². The first-order valence-electron chi connectivity index (χ1n) is 9.28. The van der Waals surface area contributed by atoms with Crippen molar-refractivity contribution >= 4 is 11.6 Å². The number of alkyl halides is 1. The lowest BCUT2D eigenvalue weighted by Crippen LogP contribution is -1.96. The monoisotopic (exact) mass is 417 g/mol. The molecule has 162 valence electrons. The molecule has 0 aliphatic carbocycles. The Morgan fingerprint density at radius 2 is 1.29 bits per heavy atom. The topological polar surface area (TPSA) is 70.0 Å². The van der Waals surface area contributed by atoms with Crippen LogP contribution in [0.1, 0.15) is 25.7 Å². The smallest absolute Gasteiger partial charge is 0.146 e. The molecule has 0 fully saturated rings. The third kappa shape index (κ3) is 32.4. The van der Waals surface area contributed by atoms with Gasteiger partial charge in [-0.2, -0.15) is 0 Å². The number of hydrogen-bond donors (Lipinski definition) is 1. The van der Waals surface area contributed by atoms with Crippen molar-refractivity contribution in [3.05, 3.63) is 54.9 Å². The molecule has 6 nitrogen and oxygen atoms in total. The number of aliphatic hydroxyl groups is 1. The molecule has 1 heterocycles. The van der Waals surface area contributed by atoms with Crippen LogP contribution in [-0.2, 0) is 18.9 Å². The van der Waals surface area contributed by atoms with E-state index in [1.54, 1.807) is 26.6 Å². The predicted molar refractivity (Wildman–Crippen MR) is 114 cm³/mol. The van der Waals surface area contributed by atoms with Gasteiger partial charge in [-0.15, -0.1) is 11.6 Å². The maximum atomic E-state index is 8.40. The van der Waals surface area contributed by atoms with Gasteiger partial charge >= 0.3 is 0 Å². The highest BCUT2D eigenvalue weighted by Crippen LogP contribution is 1.90. The molecule has 0 amide bonds. The summed E-state index contributed by atoms with van der Waals surface area (Å²) in [5.41, 5.74) is 0. The minimum absolute atomic E-state index is 0.218. The van der Waals surface area contributed by atoms with Crippen LogP contribution in [-0.4, -0.2) is 63.6 Å². The number of hydrogen-bond acceptors (Lipinski definition) is 6. The van der Waals surface area contributed by atoms with Crippen LogP contribution in [0.3, 0.4) is 0 Å². The zero-order chi connectivity index (χ0) is 21.0. The van der Waals surface area contributed by atoms with Crippen LogP contribution >= 0.6 is 11.6 Å². The van der Waals surface area contributed by atoms with Gasteiger partial charge in [0.25, 0.3) is 0 Å². The molecule has 1 rings (SSSR count). The zero-order valence-corrected chi connectivity index (χ0v) is 17.9. The quantitative estimate of drug-likeness (QED) is 0.212. The van der Waals surface area contributed by atoms with E-state index in [1.807, 2.05) is 30.4 Å². The molecule has 0 aliphatic heterocycles. The molecule has 1 N–H and O–H groups in total. The highest BCUT2D eigenvalue weighted by molar-refractivity contribution is 6.17. The predicted octanol–water partition coefficient (Wildman–Crippen LogP) is 4.20. The van der Waals surface area contributed by atoms with Crippen molar-refractivity contribution < 1.29 is 24.1 Å². The molecule has 0 saturated carbocycles. The fourth-order valence-electron chi connectivity index (χ4n) is 1.51. The normalized spacial score (nSPS) is 10.4. The molecule has 1 aromatic heterocycles. The van der Waals surface area contributed by atoms with Gasteiger partial charge in [0.1, 0.15) is 13.6 Å². The Morgan fingerprint density at radius 3 is 1.64 bits per heavy atom. The third-order valence-electron chi connectivity index (χ3n) is 2.73. The van der Waals surface area contributed by atoms with E-state index in [-0.39, 0.29) is 6.61 Å². The summed E-state index contributed by atoms with van der Waals surface area (Å²) in [4.78, 5) is 3.78. The van der Waals surface area contributed by atoms with E-state index >= 15 is 0 Å². The maximum absolute atomic E-state index is 8.40. The molecule has 0 atom stereocenters. The molecule has 0 saturated heterocycles. The van der Waals surface area contributed by atoms with E-state index in [9.17, 15) is 0 Å². The second-order valence-corrected chi connectivity index (χ2v) is 5.54. The van der Waals surface area contributed by atoms with Gasteiger partial charge in [-0.3, -0.25) is 4.98 Å². The van der Waals surface area contributed by atoms with Crippen molar-refractivity contribution in [3.63, 3.8) is 0 Å². The van der Waals surface area contributed by atoms with E-state index < -0.39 is 0 Å². The summed E-state index contributed by atoms with van der Waals surface area (Å²) in [7, 11) is 3.21. The van der Waals surface area contributed by atoms with Crippen molar-refractivity contribution in [3.8, 4) is 0 Å². The van der Waals surface area contributed by atoms with E-state index in [0.29, 0.717) is 32.7 Å². The van der Waals surface area contributed by atoms with Crippen LogP contribution in [0.25, 0.3) is 0 Å². The molecular weight excluding hydrogens is 382 g/mol. The Balaban J connectivity index is 0. The lowest BCUT2D eigenvalue weighted by molar-refractivity contribution is -0.0287. The molecule has 7 heteroatoms. The van der Waals surface area contributed by atoms with Gasteiger partial charge in [-0.25, -0.2) is 0 Å². The summed E-state index contributed by atoms with van der Waals surface area (Å²) < 4.78 is 19.5. The van der Waals surface area contributed by atoms with Gasteiger partial charge in [0.05, 0.1) is 13.2 Å². The van der Waals surface area contributed by atoms with Gasteiger partial charge in [0.2, 0.25) is 0 Å². The third-order valence-corrected chi connectivity index (χ3v) is 2.95. The Kier molecular flexibility index (Phi) is 31.5. The first kappa shape index (κ1) is 28.9. The largest absolute Gasteiger partial charge is 0.396 e. The van der Waals surface area contributed by atoms with Crippen molar-refractivity contribution in [2.45, 2.75) is 25.7 Å². The second-order valence-electron chi connectivity index (χ2n) is 5.16. The van der Waals surface area contributed by atoms with Gasteiger partial charge in [0, 0.05) is 39.1 Å². The van der Waals surface area contributed by atoms with Crippen LogP contribution in [0.5, 0.6) is 0 Å². The second kappa shape index (κ2) is 30.4. The Labute approximate surface area is 175 Å². The number of nitrogens with zero attached hydrogens (tertiary/aromatic N) is 1. The molecule has 0 bridgehead atoms. The minimum atomic E-state index is 0.218. The Morgan fingerprint density at radius 1 is 0.786 bits per heavy atom. The number of methoxy groups -OCH3 is 2. The first-order chi connectivity index (χ1) is 13.8. The number of halogens is 1. The van der Waals surface area contributed by atoms with Crippen LogP contribution in [0.2, 0.25) is 0 Å². The fourth-order valence-corrected chi connectivity index (χ4v) is 1.63. The molecule has 0 aliphatic rings. The molecule has 0 aromatic carbocycles. The average molecular weight is 418 g/mol. The SMILES string of the molecule is COCOCC/C=C\CCCl.COCOCC/C=C\CCO.c1ccncc1. The molecule has 0 unspecified atom stereocenters. The zero-order valence-electron chi connectivity index (χ0n) is 17.2. The molecule has 0 radical (unpaired) electrons. The van der Waals surface area contributed by atoms with E-state index in [1.165, 1.54) is 0 Å². The average Bonchev–Trinajstić information content (AvgIpc) is 2.75. The van der Waals surface area contributed by atoms with Crippen LogP contribution in [0, 0.1) is 0 Å². The summed E-state index contributed by atoms with van der Waals surface area (Å²) in [6, 6.07) is 5.72. The van der Waals surface area contributed by atoms with Crippen LogP contribution in [0.4, 0.5) is 0 Å². The fraction of sp³-hybridized carbons (Fsp3) is 0.571. The number of pyridine rings is 1. The number of ether oxygens (including phenoxy) is 4. The van der Waals surface area contributed by atoms with Gasteiger partial charge in [-0.05, 0) is 37.8 Å². The van der Waals surface area contributed by atoms with Crippen molar-refractivity contribution in [1.82, 2.24) is 4.98 Å². The van der Waals surface area contributed by atoms with Crippen molar-refractivity contribution in [1.29, 1.82) is 0 Å². The van der Waals surface area contributed by atoms with Crippen LogP contribution in [0.15, 0.2) is 54.9 Å². The van der Waals surface area contributed by atoms with E-state index in [4.69, 9.17) is 30.9 Å². The highest BCUT2D eigenvalue weighted by Gasteiger charge is 1.82. The summed E-state index contributed by atoms with van der Waals surface area (Å²) >= 11 is 5.46. The number of aromatic nitrogens is 1. The summed E-state index contributed by atoms with van der Waals surface area (Å²) in [6.07, 6.45) is 15.0. The number of allylic oxidation sites excluding steroid dienone is 1. The van der Waals surface area contributed by atoms with Crippen LogP contribution < -0.4 is 0 Å². The number of rotatable bonds is 14. The number of aliphatic hydroxyl groups excluding tert-OH is 1. The lowest BCUT2D eigenvalue weighted by Gasteiger charge is -1.98. The standard InChI is InChI=1S/C8H15ClO2.C8H16O3.C5H5N/c2*1-10-8-11-7-5-3-2-4-6-9;1-2-4-6-5-3-1/h2-3H,4-8H2,1H3;2-3,9H,4-8H2,1H3;1-5H/b2*3-2-;. The maximum Gasteiger partial charge on any atom is 0.146 e. The summed E-state index contributed by atoms with van der Waals surface area (Å²) in [5.74, 6) is 0.690. The van der Waals surface area contributed by atoms with E-state index in [2.05, 4.69) is 21.9 Å². The lowest BCUT2D eigenvalue weighted by atomic mass is 10.3. The Bertz CT molecular complexity index is 368. The minimum Gasteiger partial charge on any atom is -0.396 e.